The fraction of sp³-hybridized carbons (Fsp3) is 0.250. The number of halogens is 3. The van der Waals surface area contributed by atoms with Crippen LogP contribution in [0.15, 0.2) is 22.7 Å². The van der Waals surface area contributed by atoms with Gasteiger partial charge in [0.2, 0.25) is 0 Å². The van der Waals surface area contributed by atoms with Crippen LogP contribution in [0.1, 0.15) is 9.67 Å². The van der Waals surface area contributed by atoms with Gasteiger partial charge in [0.1, 0.15) is 11.5 Å². The Morgan fingerprint density at radius 1 is 1.50 bits per heavy atom. The first-order valence-corrected chi connectivity index (χ1v) is 7.20. The number of hydrogen-bond donors (Lipinski definition) is 3. The number of carbonyl (C=O) groups is 1. The maximum Gasteiger partial charge on any atom is 0.287 e. The highest BCUT2D eigenvalue weighted by atomic mass is 79.9. The summed E-state index contributed by atoms with van der Waals surface area (Å²) in [7, 11) is 0. The lowest BCUT2D eigenvalue weighted by Crippen LogP contribution is -2.38. The predicted molar refractivity (Wildman–Crippen MR) is 78.3 cm³/mol. The van der Waals surface area contributed by atoms with Crippen molar-refractivity contribution in [3.63, 3.8) is 0 Å². The second-order valence-electron chi connectivity index (χ2n) is 4.15. The first kappa shape index (κ1) is 15.1. The molecule has 2 rings (SSSR count). The van der Waals surface area contributed by atoms with Gasteiger partial charge in [0, 0.05) is 14.6 Å². The predicted octanol–water partition coefficient (Wildman–Crippen LogP) is 2.60. The molecular formula is C12H11BrF2N2O2S. The summed E-state index contributed by atoms with van der Waals surface area (Å²) in [5.74, 6) is -4.02. The molecule has 0 spiro atoms. The molecule has 108 valence electrons. The van der Waals surface area contributed by atoms with Crippen molar-refractivity contribution in [3.05, 3.63) is 27.5 Å². The fourth-order valence-corrected chi connectivity index (χ4v) is 3.42. The van der Waals surface area contributed by atoms with Crippen LogP contribution in [0, 0.1) is 0 Å². The molecule has 4 nitrogen and oxygen atoms in total. The second kappa shape index (κ2) is 5.63. The largest absolute Gasteiger partial charge is 0.397 e. The van der Waals surface area contributed by atoms with Gasteiger partial charge in [-0.25, -0.2) is 8.78 Å². The van der Waals surface area contributed by atoms with Crippen LogP contribution in [0.5, 0.6) is 0 Å². The van der Waals surface area contributed by atoms with Gasteiger partial charge in [-0.15, -0.1) is 11.3 Å². The van der Waals surface area contributed by atoms with Crippen molar-refractivity contribution >= 4 is 48.9 Å². The van der Waals surface area contributed by atoms with Crippen molar-refractivity contribution in [2.24, 2.45) is 0 Å². The van der Waals surface area contributed by atoms with Gasteiger partial charge >= 0.3 is 0 Å². The third kappa shape index (κ3) is 2.92. The lowest BCUT2D eigenvalue weighted by Gasteiger charge is -2.13. The van der Waals surface area contributed by atoms with Crippen molar-refractivity contribution in [2.75, 3.05) is 18.9 Å². The number of amides is 1. The van der Waals surface area contributed by atoms with Gasteiger partial charge in [-0.05, 0) is 12.1 Å². The fourth-order valence-electron chi connectivity index (χ4n) is 1.64. The number of carbonyl (C=O) groups excluding carboxylic acids is 1. The van der Waals surface area contributed by atoms with Crippen molar-refractivity contribution in [1.29, 1.82) is 0 Å². The van der Waals surface area contributed by atoms with Crippen LogP contribution >= 0.6 is 27.3 Å². The molecule has 0 aliphatic heterocycles. The van der Waals surface area contributed by atoms with Gasteiger partial charge < -0.3 is 16.2 Å². The molecule has 1 aromatic heterocycles. The number of nitrogens with two attached hydrogens (primary N) is 1. The standard InChI is InChI=1S/C12H11BrF2N2O2S/c13-6-2-1-3-7-8(6)9(16)10(20-7)11(19)17-4-12(14,15)5-18/h1-3,18H,4-5,16H2,(H,17,19). The smallest absolute Gasteiger partial charge is 0.287 e. The molecule has 1 aromatic carbocycles. The Morgan fingerprint density at radius 2 is 2.20 bits per heavy atom. The third-order valence-electron chi connectivity index (χ3n) is 2.65. The van der Waals surface area contributed by atoms with E-state index in [4.69, 9.17) is 10.8 Å². The van der Waals surface area contributed by atoms with Crippen molar-refractivity contribution < 1.29 is 18.7 Å². The summed E-state index contributed by atoms with van der Waals surface area (Å²) in [6, 6.07) is 5.37. The summed E-state index contributed by atoms with van der Waals surface area (Å²) in [4.78, 5) is 12.1. The summed E-state index contributed by atoms with van der Waals surface area (Å²) in [6.45, 7) is -2.25. The average Bonchev–Trinajstić information content (AvgIpc) is 2.75. The Balaban J connectivity index is 2.27. The number of fused-ring (bicyclic) bond motifs is 1. The third-order valence-corrected chi connectivity index (χ3v) is 4.48. The van der Waals surface area contributed by atoms with Gasteiger partial charge in [0.05, 0.1) is 12.2 Å². The summed E-state index contributed by atoms with van der Waals surface area (Å²) in [6.07, 6.45) is 0. The molecule has 1 amide bonds. The molecule has 0 aliphatic carbocycles. The first-order valence-electron chi connectivity index (χ1n) is 5.59. The van der Waals surface area contributed by atoms with Gasteiger partial charge in [0.15, 0.2) is 0 Å². The van der Waals surface area contributed by atoms with Crippen LogP contribution in [0.4, 0.5) is 14.5 Å². The molecule has 4 N–H and O–H groups in total. The molecule has 0 bridgehead atoms. The van der Waals surface area contributed by atoms with E-state index >= 15 is 0 Å². The molecule has 20 heavy (non-hydrogen) atoms. The number of thiophene rings is 1. The maximum absolute atomic E-state index is 12.9. The zero-order valence-electron chi connectivity index (χ0n) is 10.1. The second-order valence-corrected chi connectivity index (χ2v) is 6.06. The molecule has 0 fully saturated rings. The molecule has 0 aliphatic rings. The summed E-state index contributed by atoms with van der Waals surface area (Å²) >= 11 is 4.46. The Kier molecular flexibility index (Phi) is 4.26. The lowest BCUT2D eigenvalue weighted by atomic mass is 10.2. The zero-order chi connectivity index (χ0) is 14.9. The SMILES string of the molecule is Nc1c(C(=O)NCC(F)(F)CO)sc2cccc(Br)c12. The van der Waals surface area contributed by atoms with Crippen LogP contribution in [0.3, 0.4) is 0 Å². The van der Waals surface area contributed by atoms with E-state index in [2.05, 4.69) is 21.2 Å². The number of hydrogen-bond acceptors (Lipinski definition) is 4. The molecule has 1 heterocycles. The van der Waals surface area contributed by atoms with E-state index in [0.717, 1.165) is 20.5 Å². The number of nitrogen functional groups attached to an aromatic ring is 1. The van der Waals surface area contributed by atoms with Crippen LogP contribution in [0.25, 0.3) is 10.1 Å². The lowest BCUT2D eigenvalue weighted by molar-refractivity contribution is -0.0461. The molecule has 0 unspecified atom stereocenters. The van der Waals surface area contributed by atoms with Crippen LogP contribution in [0.2, 0.25) is 0 Å². The van der Waals surface area contributed by atoms with E-state index in [1.54, 1.807) is 18.2 Å². The first-order chi connectivity index (χ1) is 9.35. The van der Waals surface area contributed by atoms with E-state index in [1.165, 1.54) is 0 Å². The van der Waals surface area contributed by atoms with E-state index in [-0.39, 0.29) is 10.6 Å². The highest BCUT2D eigenvalue weighted by Crippen LogP contribution is 2.38. The quantitative estimate of drug-likeness (QED) is 0.780. The molecule has 2 aromatic rings. The highest BCUT2D eigenvalue weighted by Gasteiger charge is 2.29. The highest BCUT2D eigenvalue weighted by molar-refractivity contribution is 9.10. The topological polar surface area (TPSA) is 75.4 Å². The molecule has 0 saturated heterocycles. The Morgan fingerprint density at radius 3 is 2.80 bits per heavy atom. The number of anilines is 1. The Labute approximate surface area is 125 Å². The molecule has 0 radical (unpaired) electrons. The summed E-state index contributed by atoms with van der Waals surface area (Å²) < 4.78 is 27.3. The molecule has 0 saturated carbocycles. The van der Waals surface area contributed by atoms with E-state index in [9.17, 15) is 13.6 Å². The average molecular weight is 365 g/mol. The van der Waals surface area contributed by atoms with Crippen LogP contribution in [-0.2, 0) is 0 Å². The minimum Gasteiger partial charge on any atom is -0.397 e. The van der Waals surface area contributed by atoms with Crippen molar-refractivity contribution in [2.45, 2.75) is 5.92 Å². The number of aliphatic hydroxyl groups excluding tert-OH is 1. The van der Waals surface area contributed by atoms with E-state index < -0.39 is 25.0 Å². The summed E-state index contributed by atoms with van der Waals surface area (Å²) in [5.41, 5.74) is 6.15. The maximum atomic E-state index is 12.9. The van der Waals surface area contributed by atoms with Gasteiger partial charge in [0.25, 0.3) is 11.8 Å². The minimum atomic E-state index is -3.35. The number of benzene rings is 1. The van der Waals surface area contributed by atoms with Crippen LogP contribution in [-0.4, -0.2) is 30.1 Å². The van der Waals surface area contributed by atoms with E-state index in [0.29, 0.717) is 5.39 Å². The number of rotatable bonds is 4. The molecule has 0 atom stereocenters. The van der Waals surface area contributed by atoms with Gasteiger partial charge in [-0.3, -0.25) is 4.79 Å². The van der Waals surface area contributed by atoms with Gasteiger partial charge in [-0.1, -0.05) is 22.0 Å². The number of alkyl halides is 2. The monoisotopic (exact) mass is 364 g/mol. The van der Waals surface area contributed by atoms with Crippen molar-refractivity contribution in [3.8, 4) is 0 Å². The van der Waals surface area contributed by atoms with Gasteiger partial charge in [-0.2, -0.15) is 0 Å². The minimum absolute atomic E-state index is 0.181. The van der Waals surface area contributed by atoms with Crippen LogP contribution < -0.4 is 11.1 Å². The normalized spacial score (nSPS) is 11.8. The van der Waals surface area contributed by atoms with Crippen molar-refractivity contribution in [1.82, 2.24) is 5.32 Å². The zero-order valence-corrected chi connectivity index (χ0v) is 12.5. The number of nitrogens with one attached hydrogen (secondary N) is 1. The Bertz CT molecular complexity index is 660. The van der Waals surface area contributed by atoms with E-state index in [1.807, 2.05) is 0 Å². The molecule has 8 heteroatoms. The molecular weight excluding hydrogens is 354 g/mol. The summed E-state index contributed by atoms with van der Waals surface area (Å²) in [5, 5.41) is 11.2. The number of aliphatic hydroxyl groups is 1. The Hall–Kier alpha value is -1.25.